The Morgan fingerprint density at radius 1 is 1.40 bits per heavy atom. The van der Waals surface area contributed by atoms with Crippen molar-refractivity contribution in [1.82, 2.24) is 0 Å². The molecule has 82 valence electrons. The van der Waals surface area contributed by atoms with E-state index in [9.17, 15) is 4.79 Å². The summed E-state index contributed by atoms with van der Waals surface area (Å²) in [6, 6.07) is 6.23. The molecule has 0 radical (unpaired) electrons. The number of alkyl halides is 1. The van der Waals surface area contributed by atoms with Crippen LogP contribution in [0.4, 0.5) is 0 Å². The second-order valence-electron chi connectivity index (χ2n) is 3.12. The highest BCUT2D eigenvalue weighted by molar-refractivity contribution is 9.09. The van der Waals surface area contributed by atoms with Crippen molar-refractivity contribution in [3.63, 3.8) is 0 Å². The summed E-state index contributed by atoms with van der Waals surface area (Å²) in [5.41, 5.74) is 0. The minimum atomic E-state index is -0.262. The van der Waals surface area contributed by atoms with Gasteiger partial charge in [-0.3, -0.25) is 4.79 Å². The van der Waals surface area contributed by atoms with E-state index in [0.29, 0.717) is 12.2 Å². The number of hydrogen-bond donors (Lipinski definition) is 1. The van der Waals surface area contributed by atoms with Crippen molar-refractivity contribution >= 4 is 21.9 Å². The van der Waals surface area contributed by atoms with E-state index in [0.717, 1.165) is 18.2 Å². The van der Waals surface area contributed by atoms with Gasteiger partial charge in [-0.15, -0.1) is 0 Å². The zero-order valence-electron chi connectivity index (χ0n) is 8.28. The number of ether oxygens (including phenoxy) is 1. The first kappa shape index (κ1) is 12.0. The van der Waals surface area contributed by atoms with Crippen LogP contribution in [0.5, 0.6) is 11.5 Å². The van der Waals surface area contributed by atoms with Gasteiger partial charge in [0.15, 0.2) is 0 Å². The standard InChI is InChI=1S/C11H13BrO3/c12-7-2-1-6-11(14)15-10-5-3-4-9(13)8-10/h3-5,8,13H,1-2,6-7H2. The molecule has 0 atom stereocenters. The lowest BCUT2D eigenvalue weighted by molar-refractivity contribution is -0.134. The monoisotopic (exact) mass is 272 g/mol. The first-order chi connectivity index (χ1) is 7.22. The highest BCUT2D eigenvalue weighted by atomic mass is 79.9. The van der Waals surface area contributed by atoms with Gasteiger partial charge in [0.25, 0.3) is 0 Å². The van der Waals surface area contributed by atoms with Crippen LogP contribution >= 0.6 is 15.9 Å². The topological polar surface area (TPSA) is 46.5 Å². The minimum Gasteiger partial charge on any atom is -0.508 e. The summed E-state index contributed by atoms with van der Waals surface area (Å²) >= 11 is 3.29. The normalized spacial score (nSPS) is 9.93. The van der Waals surface area contributed by atoms with Crippen molar-refractivity contribution in [3.8, 4) is 11.5 Å². The molecule has 1 rings (SSSR count). The van der Waals surface area contributed by atoms with Gasteiger partial charge >= 0.3 is 5.97 Å². The Labute approximate surface area is 97.2 Å². The Morgan fingerprint density at radius 2 is 2.20 bits per heavy atom. The van der Waals surface area contributed by atoms with E-state index in [1.807, 2.05) is 0 Å². The number of benzene rings is 1. The van der Waals surface area contributed by atoms with E-state index in [1.165, 1.54) is 12.1 Å². The predicted molar refractivity (Wildman–Crippen MR) is 61.4 cm³/mol. The molecular formula is C11H13BrO3. The lowest BCUT2D eigenvalue weighted by Gasteiger charge is -2.03. The zero-order valence-corrected chi connectivity index (χ0v) is 9.87. The highest BCUT2D eigenvalue weighted by Gasteiger charge is 2.04. The summed E-state index contributed by atoms with van der Waals surface area (Å²) in [7, 11) is 0. The lowest BCUT2D eigenvalue weighted by Crippen LogP contribution is -2.07. The molecule has 0 spiro atoms. The van der Waals surface area contributed by atoms with Gasteiger partial charge in [-0.05, 0) is 25.0 Å². The number of aromatic hydroxyl groups is 1. The number of phenols is 1. The molecule has 0 heterocycles. The quantitative estimate of drug-likeness (QED) is 0.388. The van der Waals surface area contributed by atoms with Gasteiger partial charge in [-0.1, -0.05) is 22.0 Å². The van der Waals surface area contributed by atoms with E-state index in [-0.39, 0.29) is 11.7 Å². The molecular weight excluding hydrogens is 260 g/mol. The Bertz CT molecular complexity index is 325. The van der Waals surface area contributed by atoms with Crippen LogP contribution < -0.4 is 4.74 Å². The molecule has 3 nitrogen and oxygen atoms in total. The van der Waals surface area contributed by atoms with Gasteiger partial charge in [0.1, 0.15) is 11.5 Å². The summed E-state index contributed by atoms with van der Waals surface area (Å²) < 4.78 is 5.03. The summed E-state index contributed by atoms with van der Waals surface area (Å²) in [6.07, 6.45) is 2.17. The maximum atomic E-state index is 11.3. The third-order valence-corrected chi connectivity index (χ3v) is 2.37. The van der Waals surface area contributed by atoms with E-state index in [1.54, 1.807) is 12.1 Å². The number of unbranched alkanes of at least 4 members (excludes halogenated alkanes) is 1. The van der Waals surface area contributed by atoms with Crippen LogP contribution in [0.1, 0.15) is 19.3 Å². The van der Waals surface area contributed by atoms with Crippen LogP contribution in [0.15, 0.2) is 24.3 Å². The van der Waals surface area contributed by atoms with Crippen molar-refractivity contribution in [2.24, 2.45) is 0 Å². The molecule has 0 aliphatic carbocycles. The van der Waals surface area contributed by atoms with Crippen molar-refractivity contribution in [2.45, 2.75) is 19.3 Å². The fourth-order valence-electron chi connectivity index (χ4n) is 1.09. The number of esters is 1. The summed E-state index contributed by atoms with van der Waals surface area (Å²) in [4.78, 5) is 11.3. The van der Waals surface area contributed by atoms with E-state index in [4.69, 9.17) is 9.84 Å². The lowest BCUT2D eigenvalue weighted by atomic mass is 10.2. The maximum absolute atomic E-state index is 11.3. The van der Waals surface area contributed by atoms with Crippen LogP contribution in [-0.2, 0) is 4.79 Å². The van der Waals surface area contributed by atoms with E-state index >= 15 is 0 Å². The zero-order chi connectivity index (χ0) is 11.1. The number of carbonyl (C=O) groups excluding carboxylic acids is 1. The molecule has 0 saturated carbocycles. The largest absolute Gasteiger partial charge is 0.508 e. The van der Waals surface area contributed by atoms with Crippen LogP contribution in [0.2, 0.25) is 0 Å². The molecule has 1 N–H and O–H groups in total. The number of carbonyl (C=O) groups is 1. The van der Waals surface area contributed by atoms with Gasteiger partial charge < -0.3 is 9.84 Å². The van der Waals surface area contributed by atoms with Gasteiger partial charge in [-0.25, -0.2) is 0 Å². The average molecular weight is 273 g/mol. The molecule has 0 aliphatic heterocycles. The van der Waals surface area contributed by atoms with Crippen molar-refractivity contribution in [3.05, 3.63) is 24.3 Å². The van der Waals surface area contributed by atoms with Crippen molar-refractivity contribution < 1.29 is 14.6 Å². The van der Waals surface area contributed by atoms with Crippen molar-refractivity contribution in [1.29, 1.82) is 0 Å². The van der Waals surface area contributed by atoms with Crippen LogP contribution in [0.25, 0.3) is 0 Å². The Hall–Kier alpha value is -1.03. The van der Waals surface area contributed by atoms with Crippen molar-refractivity contribution in [2.75, 3.05) is 5.33 Å². The molecule has 1 aromatic rings. The van der Waals surface area contributed by atoms with Gasteiger partial charge in [0, 0.05) is 17.8 Å². The second kappa shape index (κ2) is 6.45. The smallest absolute Gasteiger partial charge is 0.311 e. The Morgan fingerprint density at radius 3 is 2.87 bits per heavy atom. The fraction of sp³-hybridized carbons (Fsp3) is 0.364. The molecule has 1 aromatic carbocycles. The first-order valence-electron chi connectivity index (χ1n) is 4.78. The van der Waals surface area contributed by atoms with Gasteiger partial charge in [-0.2, -0.15) is 0 Å². The molecule has 15 heavy (non-hydrogen) atoms. The first-order valence-corrected chi connectivity index (χ1v) is 5.90. The minimum absolute atomic E-state index is 0.0979. The summed E-state index contributed by atoms with van der Waals surface area (Å²) in [6.45, 7) is 0. The van der Waals surface area contributed by atoms with Crippen LogP contribution in [-0.4, -0.2) is 16.4 Å². The molecule has 0 unspecified atom stereocenters. The van der Waals surface area contributed by atoms with Crippen LogP contribution in [0, 0.1) is 0 Å². The average Bonchev–Trinajstić information content (AvgIpc) is 2.18. The van der Waals surface area contributed by atoms with E-state index in [2.05, 4.69) is 15.9 Å². The molecule has 0 bridgehead atoms. The summed E-state index contributed by atoms with van der Waals surface area (Å²) in [5.74, 6) is 0.223. The number of hydrogen-bond acceptors (Lipinski definition) is 3. The van der Waals surface area contributed by atoms with Crippen LogP contribution in [0.3, 0.4) is 0 Å². The molecule has 0 amide bonds. The second-order valence-corrected chi connectivity index (χ2v) is 3.91. The molecule has 0 aromatic heterocycles. The van der Waals surface area contributed by atoms with Gasteiger partial charge in [0.2, 0.25) is 0 Å². The molecule has 0 aliphatic rings. The molecule has 0 fully saturated rings. The molecule has 4 heteroatoms. The highest BCUT2D eigenvalue weighted by Crippen LogP contribution is 2.18. The van der Waals surface area contributed by atoms with Gasteiger partial charge in [0.05, 0.1) is 0 Å². The third kappa shape index (κ3) is 4.83. The predicted octanol–water partition coefficient (Wildman–Crippen LogP) is 2.86. The number of phenolic OH excluding ortho intramolecular Hbond substituents is 1. The Balaban J connectivity index is 2.37. The third-order valence-electron chi connectivity index (χ3n) is 1.81. The SMILES string of the molecule is O=C(CCCCBr)Oc1cccc(O)c1. The maximum Gasteiger partial charge on any atom is 0.311 e. The van der Waals surface area contributed by atoms with E-state index < -0.39 is 0 Å². The Kier molecular flexibility index (Phi) is 5.18. The number of rotatable bonds is 5. The summed E-state index contributed by atoms with van der Waals surface area (Å²) in [5, 5.41) is 10.0. The molecule has 0 saturated heterocycles. The number of halogens is 1. The fourth-order valence-corrected chi connectivity index (χ4v) is 1.49.